The van der Waals surface area contributed by atoms with Gasteiger partial charge < -0.3 is 0 Å². The Labute approximate surface area is 102 Å². The van der Waals surface area contributed by atoms with Gasteiger partial charge in [-0.25, -0.2) is 0 Å². The quantitative estimate of drug-likeness (QED) is 0.681. The van der Waals surface area contributed by atoms with Gasteiger partial charge in [0.2, 0.25) is 0 Å². The molecule has 2 aromatic heterocycles. The van der Waals surface area contributed by atoms with Gasteiger partial charge in [0.15, 0.2) is 0 Å². The lowest BCUT2D eigenvalue weighted by molar-refractivity contribution is 0.965. The van der Waals surface area contributed by atoms with Crippen molar-refractivity contribution in [3.05, 3.63) is 47.8 Å². The predicted molar refractivity (Wildman–Crippen MR) is 68.9 cm³/mol. The Morgan fingerprint density at radius 2 is 1.35 bits per heavy atom. The summed E-state index contributed by atoms with van der Waals surface area (Å²) >= 11 is 0. The van der Waals surface area contributed by atoms with Crippen LogP contribution in [-0.4, -0.2) is 9.97 Å². The molecule has 0 amide bonds. The summed E-state index contributed by atoms with van der Waals surface area (Å²) in [6.45, 7) is 4.00. The van der Waals surface area contributed by atoms with E-state index >= 15 is 0 Å². The zero-order valence-electron chi connectivity index (χ0n) is 10.2. The second kappa shape index (κ2) is 3.95. The van der Waals surface area contributed by atoms with E-state index in [0.29, 0.717) is 11.8 Å². The number of nitrogens with zero attached hydrogens (tertiary/aromatic N) is 2. The lowest BCUT2D eigenvalue weighted by Crippen LogP contribution is -2.02. The van der Waals surface area contributed by atoms with E-state index in [1.165, 1.54) is 17.5 Å². The maximum atomic E-state index is 4.48. The largest absolute Gasteiger partial charge is 0.254 e. The summed E-state index contributed by atoms with van der Waals surface area (Å²) in [7, 11) is 0. The molecule has 0 radical (unpaired) electrons. The summed E-state index contributed by atoms with van der Waals surface area (Å²) in [4.78, 5) is 8.95. The van der Waals surface area contributed by atoms with E-state index in [1.807, 2.05) is 38.4 Å². The molecule has 2 unspecified atom stereocenters. The van der Waals surface area contributed by atoms with Crippen molar-refractivity contribution < 1.29 is 0 Å². The average molecular weight is 224 g/mol. The fraction of sp³-hybridized carbons (Fsp3) is 0.333. The number of fused-ring (bicyclic) bond motifs is 6. The van der Waals surface area contributed by atoms with Crippen molar-refractivity contribution in [2.24, 2.45) is 0 Å². The molecule has 0 aliphatic heterocycles. The zero-order valence-corrected chi connectivity index (χ0v) is 10.2. The first-order valence-electron chi connectivity index (χ1n) is 6.35. The second-order valence-corrected chi connectivity index (χ2v) is 4.33. The van der Waals surface area contributed by atoms with Crippen LogP contribution in [0.5, 0.6) is 0 Å². The molecule has 86 valence electrons. The van der Waals surface area contributed by atoms with Crippen LogP contribution < -0.4 is 0 Å². The number of rotatable bonds is 0. The molecule has 1 saturated carbocycles. The summed E-state index contributed by atoms with van der Waals surface area (Å²) in [5, 5.41) is 0. The van der Waals surface area contributed by atoms with Crippen LogP contribution in [0, 0.1) is 0 Å². The van der Waals surface area contributed by atoms with Gasteiger partial charge in [-0.1, -0.05) is 26.0 Å². The maximum absolute atomic E-state index is 4.48. The topological polar surface area (TPSA) is 25.8 Å². The van der Waals surface area contributed by atoms with Crippen LogP contribution in [0.2, 0.25) is 0 Å². The van der Waals surface area contributed by atoms with E-state index in [2.05, 4.69) is 22.1 Å². The monoisotopic (exact) mass is 224 g/mol. The maximum Gasteiger partial charge on any atom is 0.0924 e. The molecule has 2 atom stereocenters. The standard InChI is InChI=1S/C13H10N2.C2H6/c1-3-8-10-7-11(10)9-4-2-6-15-13(9)12(8)14-5-1;1-2/h1-6,10-11H,7H2;1-2H3. The van der Waals surface area contributed by atoms with Gasteiger partial charge in [-0.2, -0.15) is 0 Å². The third kappa shape index (κ3) is 1.47. The summed E-state index contributed by atoms with van der Waals surface area (Å²) < 4.78 is 0. The number of hydrogen-bond donors (Lipinski definition) is 0. The van der Waals surface area contributed by atoms with Gasteiger partial charge >= 0.3 is 0 Å². The van der Waals surface area contributed by atoms with Gasteiger partial charge in [-0.3, -0.25) is 9.97 Å². The van der Waals surface area contributed by atoms with Gasteiger partial charge in [-0.15, -0.1) is 0 Å². The molecule has 0 spiro atoms. The molecule has 4 rings (SSSR count). The van der Waals surface area contributed by atoms with Crippen LogP contribution >= 0.6 is 0 Å². The van der Waals surface area contributed by atoms with Crippen LogP contribution in [0.4, 0.5) is 0 Å². The lowest BCUT2D eigenvalue weighted by Gasteiger charge is -2.16. The average Bonchev–Trinajstić information content (AvgIpc) is 3.22. The van der Waals surface area contributed by atoms with Crippen molar-refractivity contribution in [2.75, 3.05) is 0 Å². The minimum Gasteiger partial charge on any atom is -0.254 e. The van der Waals surface area contributed by atoms with Crippen molar-refractivity contribution in [3.8, 4) is 11.4 Å². The number of pyridine rings is 2. The molecule has 1 fully saturated rings. The SMILES string of the molecule is CC.c1cnc2c(c1)C1CC1c1cccnc1-2. The Kier molecular flexibility index (Phi) is 2.43. The third-order valence-corrected chi connectivity index (χ3v) is 3.49. The molecule has 17 heavy (non-hydrogen) atoms. The van der Waals surface area contributed by atoms with Crippen LogP contribution in [0.15, 0.2) is 36.7 Å². The highest BCUT2D eigenvalue weighted by molar-refractivity contribution is 5.70. The van der Waals surface area contributed by atoms with Crippen molar-refractivity contribution >= 4 is 0 Å². The highest BCUT2D eigenvalue weighted by Gasteiger charge is 2.46. The molecule has 2 aromatic rings. The fourth-order valence-electron chi connectivity index (χ4n) is 2.71. The van der Waals surface area contributed by atoms with Gasteiger partial charge in [-0.05, 0) is 41.5 Å². The van der Waals surface area contributed by atoms with E-state index in [-0.39, 0.29) is 0 Å². The molecular formula is C15H16N2. The first-order valence-corrected chi connectivity index (χ1v) is 6.35. The van der Waals surface area contributed by atoms with Crippen LogP contribution in [0.25, 0.3) is 11.4 Å². The van der Waals surface area contributed by atoms with Gasteiger partial charge in [0.05, 0.1) is 11.4 Å². The van der Waals surface area contributed by atoms with Crippen molar-refractivity contribution in [2.45, 2.75) is 32.1 Å². The highest BCUT2D eigenvalue weighted by atomic mass is 14.8. The Morgan fingerprint density at radius 3 is 1.82 bits per heavy atom. The van der Waals surface area contributed by atoms with Crippen LogP contribution in [-0.2, 0) is 0 Å². The predicted octanol–water partition coefficient (Wildman–Crippen LogP) is 3.75. The van der Waals surface area contributed by atoms with Crippen molar-refractivity contribution in [1.82, 2.24) is 9.97 Å². The van der Waals surface area contributed by atoms with Crippen molar-refractivity contribution in [3.63, 3.8) is 0 Å². The highest BCUT2D eigenvalue weighted by Crippen LogP contribution is 2.60. The molecule has 2 aliphatic rings. The van der Waals surface area contributed by atoms with Gasteiger partial charge in [0, 0.05) is 12.4 Å². The van der Waals surface area contributed by atoms with E-state index in [9.17, 15) is 0 Å². The molecule has 2 nitrogen and oxygen atoms in total. The molecule has 2 aliphatic carbocycles. The molecule has 0 N–H and O–H groups in total. The minimum absolute atomic E-state index is 0.713. The first kappa shape index (κ1) is 10.5. The smallest absolute Gasteiger partial charge is 0.0924 e. The minimum atomic E-state index is 0.713. The Morgan fingerprint density at radius 1 is 0.882 bits per heavy atom. The summed E-state index contributed by atoms with van der Waals surface area (Å²) in [5.41, 5.74) is 5.00. The summed E-state index contributed by atoms with van der Waals surface area (Å²) in [5.74, 6) is 1.43. The van der Waals surface area contributed by atoms with E-state index < -0.39 is 0 Å². The molecule has 2 heteroatoms. The first-order chi connectivity index (χ1) is 8.45. The second-order valence-electron chi connectivity index (χ2n) is 4.33. The molecule has 0 bridgehead atoms. The van der Waals surface area contributed by atoms with E-state index in [0.717, 1.165) is 11.4 Å². The van der Waals surface area contributed by atoms with Crippen molar-refractivity contribution in [1.29, 1.82) is 0 Å². The zero-order chi connectivity index (χ0) is 11.8. The van der Waals surface area contributed by atoms with Crippen LogP contribution in [0.3, 0.4) is 0 Å². The molecule has 0 aromatic carbocycles. The summed E-state index contributed by atoms with van der Waals surface area (Å²) in [6, 6.07) is 8.46. The number of hydrogen-bond acceptors (Lipinski definition) is 2. The molecular weight excluding hydrogens is 208 g/mol. The molecule has 2 heterocycles. The Hall–Kier alpha value is -1.70. The normalized spacial score (nSPS) is 22.5. The fourth-order valence-corrected chi connectivity index (χ4v) is 2.71. The number of aromatic nitrogens is 2. The van der Waals surface area contributed by atoms with E-state index in [4.69, 9.17) is 0 Å². The summed E-state index contributed by atoms with van der Waals surface area (Å²) in [6.07, 6.45) is 5.00. The Bertz CT molecular complexity index is 499. The lowest BCUT2D eigenvalue weighted by atomic mass is 9.93. The van der Waals surface area contributed by atoms with E-state index in [1.54, 1.807) is 0 Å². The van der Waals surface area contributed by atoms with Gasteiger partial charge in [0.25, 0.3) is 0 Å². The molecule has 0 saturated heterocycles. The third-order valence-electron chi connectivity index (χ3n) is 3.49. The Balaban J connectivity index is 0.000000431. The van der Waals surface area contributed by atoms with Crippen LogP contribution in [0.1, 0.15) is 43.2 Å². The van der Waals surface area contributed by atoms with Gasteiger partial charge in [0.1, 0.15) is 0 Å².